The minimum atomic E-state index is -0.775. The Hall–Kier alpha value is -3.33. The van der Waals surface area contributed by atoms with Gasteiger partial charge in [0.15, 0.2) is 6.61 Å². The Bertz CT molecular complexity index is 998. The van der Waals surface area contributed by atoms with Crippen LogP contribution in [-0.4, -0.2) is 47.9 Å². The number of carbonyl (C=O) groups excluding carboxylic acids is 2. The molecule has 0 aromatic heterocycles. The van der Waals surface area contributed by atoms with Gasteiger partial charge in [0, 0.05) is 30.2 Å². The molecule has 0 heterocycles. The third kappa shape index (κ3) is 7.35. The van der Waals surface area contributed by atoms with Crippen LogP contribution in [0, 0.1) is 16.0 Å². The molecule has 0 fully saturated rings. The van der Waals surface area contributed by atoms with Crippen molar-refractivity contribution in [2.24, 2.45) is 5.92 Å². The second kappa shape index (κ2) is 12.1. The molecule has 1 atom stereocenters. The predicted molar refractivity (Wildman–Crippen MR) is 124 cm³/mol. The van der Waals surface area contributed by atoms with Gasteiger partial charge in [-0.3, -0.25) is 19.7 Å². The summed E-state index contributed by atoms with van der Waals surface area (Å²) in [5, 5.41) is 14.4. The molecule has 0 bridgehead atoms. The van der Waals surface area contributed by atoms with Crippen LogP contribution in [0.5, 0.6) is 11.5 Å². The van der Waals surface area contributed by atoms with Gasteiger partial charge in [-0.15, -0.1) is 0 Å². The second-order valence-electron chi connectivity index (χ2n) is 7.81. The molecule has 0 unspecified atom stereocenters. The Labute approximate surface area is 197 Å². The summed E-state index contributed by atoms with van der Waals surface area (Å²) in [6.45, 7) is 5.80. The molecule has 10 heteroatoms. The summed E-state index contributed by atoms with van der Waals surface area (Å²) in [5.41, 5.74) is 0.472. The van der Waals surface area contributed by atoms with Crippen molar-refractivity contribution in [1.29, 1.82) is 0 Å². The van der Waals surface area contributed by atoms with Crippen molar-refractivity contribution in [3.8, 4) is 11.5 Å². The molecule has 33 heavy (non-hydrogen) atoms. The molecule has 178 valence electrons. The lowest BCUT2D eigenvalue weighted by Crippen LogP contribution is -2.49. The van der Waals surface area contributed by atoms with Gasteiger partial charge in [0.1, 0.15) is 11.8 Å². The smallest absolute Gasteiger partial charge is 0.311 e. The number of nitrogens with one attached hydrogen (secondary N) is 1. The van der Waals surface area contributed by atoms with Gasteiger partial charge < -0.3 is 19.7 Å². The molecule has 9 nitrogen and oxygen atoms in total. The molecule has 2 aromatic rings. The van der Waals surface area contributed by atoms with Crippen LogP contribution in [0.15, 0.2) is 42.5 Å². The van der Waals surface area contributed by atoms with Crippen LogP contribution >= 0.6 is 11.6 Å². The third-order valence-electron chi connectivity index (χ3n) is 4.86. The lowest BCUT2D eigenvalue weighted by molar-refractivity contribution is -0.385. The quantitative estimate of drug-likeness (QED) is 0.389. The SMILES string of the molecule is COc1cc(OCC(=O)N(Cc2ccccc2Cl)[C@@H](C)C(=O)NCC(C)C)ccc1[N+](=O)[O-]. The van der Waals surface area contributed by atoms with Crippen LogP contribution in [0.2, 0.25) is 5.02 Å². The number of rotatable bonds is 11. The van der Waals surface area contributed by atoms with Crippen molar-refractivity contribution in [2.45, 2.75) is 33.4 Å². The number of amides is 2. The fourth-order valence-electron chi connectivity index (χ4n) is 2.97. The van der Waals surface area contributed by atoms with Crippen LogP contribution < -0.4 is 14.8 Å². The number of ether oxygens (including phenoxy) is 2. The summed E-state index contributed by atoms with van der Waals surface area (Å²) in [4.78, 5) is 37.6. The van der Waals surface area contributed by atoms with Gasteiger partial charge in [-0.25, -0.2) is 0 Å². The monoisotopic (exact) mass is 477 g/mol. The molecule has 0 aliphatic heterocycles. The van der Waals surface area contributed by atoms with E-state index in [0.717, 1.165) is 0 Å². The van der Waals surface area contributed by atoms with E-state index in [9.17, 15) is 19.7 Å². The highest BCUT2D eigenvalue weighted by atomic mass is 35.5. The van der Waals surface area contributed by atoms with Crippen molar-refractivity contribution in [1.82, 2.24) is 10.2 Å². The van der Waals surface area contributed by atoms with Crippen LogP contribution in [0.1, 0.15) is 26.3 Å². The number of nitro benzene ring substituents is 1. The summed E-state index contributed by atoms with van der Waals surface area (Å²) in [7, 11) is 1.31. The van der Waals surface area contributed by atoms with E-state index < -0.39 is 16.9 Å². The van der Waals surface area contributed by atoms with E-state index in [0.29, 0.717) is 17.1 Å². The molecular weight excluding hydrogens is 450 g/mol. The van der Waals surface area contributed by atoms with Crippen LogP contribution in [-0.2, 0) is 16.1 Å². The van der Waals surface area contributed by atoms with E-state index in [1.807, 2.05) is 13.8 Å². The Morgan fingerprint density at radius 2 is 1.88 bits per heavy atom. The highest BCUT2D eigenvalue weighted by molar-refractivity contribution is 6.31. The minimum Gasteiger partial charge on any atom is -0.490 e. The maximum atomic E-state index is 13.1. The number of nitrogens with zero attached hydrogens (tertiary/aromatic N) is 2. The summed E-state index contributed by atoms with van der Waals surface area (Å²) in [6.07, 6.45) is 0. The first-order valence-electron chi connectivity index (χ1n) is 10.4. The van der Waals surface area contributed by atoms with Crippen LogP contribution in [0.3, 0.4) is 0 Å². The van der Waals surface area contributed by atoms with Crippen molar-refractivity contribution < 1.29 is 24.0 Å². The van der Waals surface area contributed by atoms with Gasteiger partial charge in [0.2, 0.25) is 11.7 Å². The lowest BCUT2D eigenvalue weighted by atomic mass is 10.1. The summed E-state index contributed by atoms with van der Waals surface area (Å²) >= 11 is 6.27. The van der Waals surface area contributed by atoms with Gasteiger partial charge in [-0.1, -0.05) is 43.6 Å². The summed E-state index contributed by atoms with van der Waals surface area (Å²) < 4.78 is 10.6. The number of halogens is 1. The van der Waals surface area contributed by atoms with E-state index in [4.69, 9.17) is 21.1 Å². The van der Waals surface area contributed by atoms with Crippen molar-refractivity contribution in [2.75, 3.05) is 20.3 Å². The van der Waals surface area contributed by atoms with Gasteiger partial charge in [0.05, 0.1) is 12.0 Å². The predicted octanol–water partition coefficient (Wildman–Crippen LogP) is 3.83. The van der Waals surface area contributed by atoms with Crippen molar-refractivity contribution in [3.05, 3.63) is 63.2 Å². The lowest BCUT2D eigenvalue weighted by Gasteiger charge is -2.29. The fraction of sp³-hybridized carbons (Fsp3) is 0.391. The molecule has 2 rings (SSSR count). The highest BCUT2D eigenvalue weighted by Gasteiger charge is 2.27. The van der Waals surface area contributed by atoms with E-state index in [1.54, 1.807) is 31.2 Å². The maximum Gasteiger partial charge on any atom is 0.311 e. The van der Waals surface area contributed by atoms with E-state index in [-0.39, 0.29) is 42.2 Å². The molecule has 0 aliphatic rings. The Morgan fingerprint density at radius 1 is 1.18 bits per heavy atom. The number of nitro groups is 1. The van der Waals surface area contributed by atoms with Gasteiger partial charge in [-0.05, 0) is 30.5 Å². The normalized spacial score (nSPS) is 11.6. The molecule has 0 saturated heterocycles. The molecular formula is C23H28ClN3O6. The zero-order valence-electron chi connectivity index (χ0n) is 19.0. The van der Waals surface area contributed by atoms with Gasteiger partial charge in [-0.2, -0.15) is 0 Å². The molecule has 0 radical (unpaired) electrons. The third-order valence-corrected chi connectivity index (χ3v) is 5.23. The van der Waals surface area contributed by atoms with E-state index in [2.05, 4.69) is 5.32 Å². The summed E-state index contributed by atoms with van der Waals surface area (Å²) in [5.74, 6) is -0.241. The molecule has 1 N–H and O–H groups in total. The van der Waals surface area contributed by atoms with Crippen LogP contribution in [0.25, 0.3) is 0 Å². The standard InChI is InChI=1S/C23H28ClN3O6/c1-15(2)12-25-23(29)16(3)26(13-17-7-5-6-8-19(17)24)22(28)14-33-18-9-10-20(27(30)31)21(11-18)32-4/h5-11,15-16H,12-14H2,1-4H3,(H,25,29)/t16-/m0/s1. The number of hydrogen-bond donors (Lipinski definition) is 1. The first-order valence-corrected chi connectivity index (χ1v) is 10.8. The number of benzene rings is 2. The maximum absolute atomic E-state index is 13.1. The van der Waals surface area contributed by atoms with Crippen molar-refractivity contribution >= 4 is 29.1 Å². The first-order chi connectivity index (χ1) is 15.6. The van der Waals surface area contributed by atoms with Gasteiger partial charge in [0.25, 0.3) is 5.91 Å². The fourth-order valence-corrected chi connectivity index (χ4v) is 3.17. The Kier molecular flexibility index (Phi) is 9.47. The molecule has 2 aromatic carbocycles. The number of methoxy groups -OCH3 is 1. The zero-order valence-corrected chi connectivity index (χ0v) is 19.8. The largest absolute Gasteiger partial charge is 0.490 e. The Morgan fingerprint density at radius 3 is 2.48 bits per heavy atom. The topological polar surface area (TPSA) is 111 Å². The average molecular weight is 478 g/mol. The molecule has 0 aliphatic carbocycles. The zero-order chi connectivity index (χ0) is 24.5. The van der Waals surface area contributed by atoms with E-state index >= 15 is 0 Å². The highest BCUT2D eigenvalue weighted by Crippen LogP contribution is 2.30. The van der Waals surface area contributed by atoms with Crippen molar-refractivity contribution in [3.63, 3.8) is 0 Å². The number of hydrogen-bond acceptors (Lipinski definition) is 6. The van der Waals surface area contributed by atoms with E-state index in [1.165, 1.54) is 30.2 Å². The molecule has 0 saturated carbocycles. The first kappa shape index (κ1) is 25.9. The minimum absolute atomic E-state index is 0.0132. The summed E-state index contributed by atoms with van der Waals surface area (Å²) in [6, 6.07) is 10.2. The molecule has 2 amide bonds. The van der Waals surface area contributed by atoms with Gasteiger partial charge >= 0.3 is 5.69 Å². The Balaban J connectivity index is 2.19. The average Bonchev–Trinajstić information content (AvgIpc) is 2.79. The van der Waals surface area contributed by atoms with Crippen LogP contribution in [0.4, 0.5) is 5.69 Å². The number of carbonyl (C=O) groups is 2. The second-order valence-corrected chi connectivity index (χ2v) is 8.21. The molecule has 0 spiro atoms.